The second-order valence-electron chi connectivity index (χ2n) is 18.3. The summed E-state index contributed by atoms with van der Waals surface area (Å²) < 4.78 is 22.7. The normalized spacial score (nSPS) is 27.0. The van der Waals surface area contributed by atoms with Gasteiger partial charge in [0.1, 0.15) is 48.8 Å². The first-order chi connectivity index (χ1) is 33.1. The molecule has 14 heteroatoms. The van der Waals surface area contributed by atoms with Crippen molar-refractivity contribution in [2.45, 2.75) is 242 Å². The van der Waals surface area contributed by atoms with Crippen molar-refractivity contribution < 1.29 is 64.6 Å². The van der Waals surface area contributed by atoms with Crippen LogP contribution in [-0.4, -0.2) is 140 Å². The van der Waals surface area contributed by atoms with Crippen LogP contribution >= 0.6 is 0 Å². The van der Waals surface area contributed by atoms with Gasteiger partial charge in [-0.2, -0.15) is 0 Å². The first-order valence-electron chi connectivity index (χ1n) is 26.2. The van der Waals surface area contributed by atoms with Gasteiger partial charge in [-0.15, -0.1) is 0 Å². The number of ether oxygens (including phenoxy) is 4. The Morgan fingerprint density at radius 3 is 1.62 bits per heavy atom. The van der Waals surface area contributed by atoms with Crippen molar-refractivity contribution in [2.24, 2.45) is 0 Å². The molecule has 12 atom stereocenters. The van der Waals surface area contributed by atoms with Gasteiger partial charge in [0, 0.05) is 6.42 Å². The van der Waals surface area contributed by atoms with Crippen molar-refractivity contribution >= 4 is 5.91 Å². The van der Waals surface area contributed by atoms with Crippen LogP contribution in [0.3, 0.4) is 0 Å². The highest BCUT2D eigenvalue weighted by atomic mass is 16.7. The molecule has 0 spiro atoms. The molecule has 2 heterocycles. The summed E-state index contributed by atoms with van der Waals surface area (Å²) in [5.41, 5.74) is 0. The molecule has 2 saturated heterocycles. The Morgan fingerprint density at radius 1 is 0.544 bits per heavy atom. The van der Waals surface area contributed by atoms with E-state index in [2.05, 4.69) is 79.9 Å². The smallest absolute Gasteiger partial charge is 0.220 e. The molecule has 9 N–H and O–H groups in total. The number of rotatable bonds is 39. The number of nitrogens with one attached hydrogen (secondary N) is 1. The van der Waals surface area contributed by atoms with E-state index in [1.165, 1.54) is 64.2 Å². The number of allylic oxidation sites excluding steroid dienone is 11. The number of aliphatic hydroxyl groups excluding tert-OH is 8. The van der Waals surface area contributed by atoms with E-state index in [0.29, 0.717) is 12.8 Å². The third kappa shape index (κ3) is 26.6. The molecule has 2 fully saturated rings. The molecule has 2 aliphatic rings. The molecule has 14 nitrogen and oxygen atoms in total. The molecule has 0 saturated carbocycles. The zero-order chi connectivity index (χ0) is 49.6. The van der Waals surface area contributed by atoms with Crippen LogP contribution in [0, 0.1) is 0 Å². The minimum Gasteiger partial charge on any atom is -0.394 e. The van der Waals surface area contributed by atoms with E-state index >= 15 is 0 Å². The topological polar surface area (TPSA) is 228 Å². The summed E-state index contributed by atoms with van der Waals surface area (Å²) in [6.45, 7) is 2.62. The second kappa shape index (κ2) is 40.1. The Kier molecular flexibility index (Phi) is 36.3. The summed E-state index contributed by atoms with van der Waals surface area (Å²) in [6, 6.07) is -0.938. The molecule has 0 aromatic carbocycles. The summed E-state index contributed by atoms with van der Waals surface area (Å²) in [7, 11) is 0. The van der Waals surface area contributed by atoms with Gasteiger partial charge in [-0.05, 0) is 70.6 Å². The lowest BCUT2D eigenvalue weighted by molar-refractivity contribution is -0.359. The lowest BCUT2D eigenvalue weighted by Gasteiger charge is -2.46. The van der Waals surface area contributed by atoms with Crippen molar-refractivity contribution in [1.29, 1.82) is 0 Å². The van der Waals surface area contributed by atoms with Crippen LogP contribution in [-0.2, 0) is 23.7 Å². The molecule has 0 aliphatic carbocycles. The molecule has 1 amide bonds. The van der Waals surface area contributed by atoms with E-state index in [1.54, 1.807) is 6.08 Å². The fraction of sp³-hybridized carbons (Fsp3) is 0.759. The van der Waals surface area contributed by atoms with Gasteiger partial charge >= 0.3 is 0 Å². The van der Waals surface area contributed by atoms with E-state index in [9.17, 15) is 45.6 Å². The van der Waals surface area contributed by atoms with Gasteiger partial charge in [0.05, 0.1) is 32.0 Å². The van der Waals surface area contributed by atoms with Gasteiger partial charge in [0.15, 0.2) is 12.6 Å². The van der Waals surface area contributed by atoms with Crippen molar-refractivity contribution in [3.63, 3.8) is 0 Å². The molecule has 0 radical (unpaired) electrons. The SMILES string of the molecule is CC/C=C\C/C=C\C/C=C\C/C=C\CCCCCCCCCCC(=O)NC(COC1OC(CO)C(OC2OC(CO)C(O)C(O)C2O)C(O)C1O)C(O)/C=C/CC/C=C/CCCCCCCCC. The van der Waals surface area contributed by atoms with Crippen LogP contribution in [0.25, 0.3) is 0 Å². The minimum atomic E-state index is -1.79. The van der Waals surface area contributed by atoms with Gasteiger partial charge in [-0.1, -0.05) is 164 Å². The van der Waals surface area contributed by atoms with Gasteiger partial charge in [-0.3, -0.25) is 4.79 Å². The molecule has 12 unspecified atom stereocenters. The number of amides is 1. The Bertz CT molecular complexity index is 1420. The highest BCUT2D eigenvalue weighted by Crippen LogP contribution is 2.30. The van der Waals surface area contributed by atoms with E-state index in [4.69, 9.17) is 18.9 Å². The van der Waals surface area contributed by atoms with E-state index in [-0.39, 0.29) is 18.9 Å². The van der Waals surface area contributed by atoms with E-state index in [1.807, 2.05) is 6.08 Å². The number of hydrogen-bond acceptors (Lipinski definition) is 13. The number of carbonyl (C=O) groups is 1. The molecule has 392 valence electrons. The molecule has 2 rings (SSSR count). The van der Waals surface area contributed by atoms with E-state index in [0.717, 1.165) is 70.6 Å². The molecule has 0 aromatic rings. The van der Waals surface area contributed by atoms with Crippen LogP contribution < -0.4 is 5.32 Å². The van der Waals surface area contributed by atoms with Crippen LogP contribution in [0.1, 0.15) is 168 Å². The largest absolute Gasteiger partial charge is 0.394 e. The van der Waals surface area contributed by atoms with Crippen LogP contribution in [0.2, 0.25) is 0 Å². The summed E-state index contributed by atoms with van der Waals surface area (Å²) >= 11 is 0. The highest BCUT2D eigenvalue weighted by molar-refractivity contribution is 5.76. The van der Waals surface area contributed by atoms with Crippen molar-refractivity contribution in [3.8, 4) is 0 Å². The predicted octanol–water partition coefficient (Wildman–Crippen LogP) is 7.21. The molecular weight excluding hydrogens is 871 g/mol. The summed E-state index contributed by atoms with van der Waals surface area (Å²) in [4.78, 5) is 13.2. The molecule has 68 heavy (non-hydrogen) atoms. The average molecular weight is 964 g/mol. The second-order valence-corrected chi connectivity index (χ2v) is 18.3. The Balaban J connectivity index is 1.83. The summed E-state index contributed by atoms with van der Waals surface area (Å²) in [5, 5.41) is 86.7. The maximum Gasteiger partial charge on any atom is 0.220 e. The molecule has 0 bridgehead atoms. The monoisotopic (exact) mass is 964 g/mol. The zero-order valence-corrected chi connectivity index (χ0v) is 41.6. The summed E-state index contributed by atoms with van der Waals surface area (Å²) in [5.74, 6) is -0.262. The lowest BCUT2D eigenvalue weighted by Crippen LogP contribution is -2.65. The molecule has 2 aliphatic heterocycles. The van der Waals surface area contributed by atoms with Gasteiger partial charge in [0.2, 0.25) is 5.91 Å². The third-order valence-electron chi connectivity index (χ3n) is 12.4. The van der Waals surface area contributed by atoms with Gasteiger partial charge < -0.3 is 65.1 Å². The molecular formula is C54H93NO13. The zero-order valence-electron chi connectivity index (χ0n) is 41.6. The van der Waals surface area contributed by atoms with Crippen LogP contribution in [0.4, 0.5) is 0 Å². The number of aliphatic hydroxyl groups is 8. The van der Waals surface area contributed by atoms with Gasteiger partial charge in [0.25, 0.3) is 0 Å². The fourth-order valence-electron chi connectivity index (χ4n) is 8.12. The third-order valence-corrected chi connectivity index (χ3v) is 12.4. The quantitative estimate of drug-likeness (QED) is 0.0220. The van der Waals surface area contributed by atoms with Gasteiger partial charge in [-0.25, -0.2) is 0 Å². The van der Waals surface area contributed by atoms with Crippen LogP contribution in [0.5, 0.6) is 0 Å². The van der Waals surface area contributed by atoms with Crippen molar-refractivity contribution in [2.75, 3.05) is 19.8 Å². The number of unbranched alkanes of at least 4 members (excludes halogenated alkanes) is 16. The summed E-state index contributed by atoms with van der Waals surface area (Å²) in [6.07, 6.45) is 33.7. The first kappa shape index (κ1) is 61.5. The predicted molar refractivity (Wildman–Crippen MR) is 267 cm³/mol. The highest BCUT2D eigenvalue weighted by Gasteiger charge is 2.51. The standard InChI is InChI=1S/C54H93NO13/c1-3-5-7-9-11-13-15-17-18-19-20-21-22-23-24-26-28-30-32-34-36-38-46(59)55-42(43(58)37-35-33-31-29-27-25-16-14-12-10-8-6-4-2)41-65-53-51(64)49(62)52(45(40-57)67-53)68-54-50(63)48(61)47(60)44(39-56)66-54/h5,7,11,13,17-18,20-21,27,29,35,37,42-45,47-54,56-58,60-64H,3-4,6,8-10,12,14-16,19,22-26,28,30-34,36,38-41H2,1-2H3,(H,55,59)/b7-5-,13-11-,18-17-,21-20-,29-27+,37-35+. The first-order valence-corrected chi connectivity index (χ1v) is 26.2. The Labute approximate surface area is 408 Å². The van der Waals surface area contributed by atoms with Crippen molar-refractivity contribution in [1.82, 2.24) is 5.32 Å². The maximum absolute atomic E-state index is 13.2. The number of hydrogen-bond donors (Lipinski definition) is 9. The van der Waals surface area contributed by atoms with E-state index < -0.39 is 86.8 Å². The molecule has 0 aromatic heterocycles. The number of carbonyl (C=O) groups excluding carboxylic acids is 1. The Morgan fingerprint density at radius 2 is 1.03 bits per heavy atom. The lowest BCUT2D eigenvalue weighted by atomic mass is 9.97. The Hall–Kier alpha value is -2.57. The fourth-order valence-corrected chi connectivity index (χ4v) is 8.12. The van der Waals surface area contributed by atoms with Crippen molar-refractivity contribution in [3.05, 3.63) is 72.9 Å². The van der Waals surface area contributed by atoms with Crippen LogP contribution in [0.15, 0.2) is 72.9 Å². The maximum atomic E-state index is 13.2. The minimum absolute atomic E-state index is 0.260. The average Bonchev–Trinajstić information content (AvgIpc) is 3.34.